The van der Waals surface area contributed by atoms with Crippen molar-refractivity contribution in [2.24, 2.45) is 0 Å². The van der Waals surface area contributed by atoms with E-state index in [0.29, 0.717) is 18.8 Å². The lowest BCUT2D eigenvalue weighted by molar-refractivity contribution is -0.121. The number of amides is 1. The molecule has 1 aromatic heterocycles. The van der Waals surface area contributed by atoms with Crippen LogP contribution >= 0.6 is 0 Å². The molecule has 1 amide bonds. The highest BCUT2D eigenvalue weighted by molar-refractivity contribution is 5.76. The molecule has 0 saturated heterocycles. The number of aryl methyl sites for hydroxylation is 1. The molecule has 0 aliphatic rings. The molecule has 0 bridgehead atoms. The predicted molar refractivity (Wildman–Crippen MR) is 72.7 cm³/mol. The summed E-state index contributed by atoms with van der Waals surface area (Å²) in [7, 11) is 1.81. The molecule has 1 aromatic rings. The van der Waals surface area contributed by atoms with E-state index in [1.165, 1.54) is 0 Å². The summed E-state index contributed by atoms with van der Waals surface area (Å²) in [6.45, 7) is 6.27. The number of carbonyl (C=O) groups is 1. The van der Waals surface area contributed by atoms with E-state index in [2.05, 4.69) is 25.9 Å². The third-order valence-electron chi connectivity index (χ3n) is 2.20. The van der Waals surface area contributed by atoms with Gasteiger partial charge in [0.15, 0.2) is 0 Å². The smallest absolute Gasteiger partial charge is 0.221 e. The van der Waals surface area contributed by atoms with Crippen LogP contribution in [-0.4, -0.2) is 35.5 Å². The van der Waals surface area contributed by atoms with Gasteiger partial charge in [0, 0.05) is 32.1 Å². The Balaban J connectivity index is 2.44. The van der Waals surface area contributed by atoms with E-state index in [1.807, 2.05) is 33.9 Å². The monoisotopic (exact) mass is 251 g/mol. The van der Waals surface area contributed by atoms with E-state index in [0.717, 1.165) is 11.6 Å². The van der Waals surface area contributed by atoms with E-state index < -0.39 is 0 Å². The fourth-order valence-corrected chi connectivity index (χ4v) is 1.48. The van der Waals surface area contributed by atoms with Crippen LogP contribution in [0.15, 0.2) is 6.07 Å². The number of nitrogens with zero attached hydrogens (tertiary/aromatic N) is 2. The number of hydrogen-bond acceptors (Lipinski definition) is 5. The standard InChI is InChI=1S/C12H21N5O/c1-8(2)15-12(18)5-6-14-11-7-10(13-4)16-9(3)17-11/h7-8H,5-6H2,1-4H3,(H,15,18)(H2,13,14,16,17). The van der Waals surface area contributed by atoms with Crippen molar-refractivity contribution in [1.29, 1.82) is 0 Å². The molecule has 100 valence electrons. The second-order valence-electron chi connectivity index (χ2n) is 4.33. The van der Waals surface area contributed by atoms with Crippen molar-refractivity contribution < 1.29 is 4.79 Å². The minimum Gasteiger partial charge on any atom is -0.373 e. The highest BCUT2D eigenvalue weighted by atomic mass is 16.1. The van der Waals surface area contributed by atoms with E-state index in [9.17, 15) is 4.79 Å². The third kappa shape index (κ3) is 4.99. The van der Waals surface area contributed by atoms with Crippen LogP contribution in [0.5, 0.6) is 0 Å². The van der Waals surface area contributed by atoms with Crippen molar-refractivity contribution in [3.63, 3.8) is 0 Å². The highest BCUT2D eigenvalue weighted by Crippen LogP contribution is 2.09. The quantitative estimate of drug-likeness (QED) is 0.707. The van der Waals surface area contributed by atoms with E-state index in [4.69, 9.17) is 0 Å². The Labute approximate surface area is 108 Å². The molecule has 1 rings (SSSR count). The molecule has 6 heteroatoms. The van der Waals surface area contributed by atoms with Crippen molar-refractivity contribution in [3.8, 4) is 0 Å². The summed E-state index contributed by atoms with van der Waals surface area (Å²) in [5, 5.41) is 8.91. The first kappa shape index (κ1) is 14.2. The molecule has 0 aromatic carbocycles. The number of rotatable bonds is 6. The average molecular weight is 251 g/mol. The first-order chi connectivity index (χ1) is 8.51. The molecule has 0 spiro atoms. The summed E-state index contributed by atoms with van der Waals surface area (Å²) >= 11 is 0. The summed E-state index contributed by atoms with van der Waals surface area (Å²) in [6, 6.07) is 1.99. The van der Waals surface area contributed by atoms with E-state index in [1.54, 1.807) is 0 Å². The Hall–Kier alpha value is -1.85. The topological polar surface area (TPSA) is 78.9 Å². The van der Waals surface area contributed by atoms with Gasteiger partial charge >= 0.3 is 0 Å². The summed E-state index contributed by atoms with van der Waals surface area (Å²) in [5.41, 5.74) is 0. The normalized spacial score (nSPS) is 10.3. The zero-order valence-electron chi connectivity index (χ0n) is 11.4. The van der Waals surface area contributed by atoms with Gasteiger partial charge < -0.3 is 16.0 Å². The first-order valence-corrected chi connectivity index (χ1v) is 6.08. The number of carbonyl (C=O) groups excluding carboxylic acids is 1. The van der Waals surface area contributed by atoms with Gasteiger partial charge in [-0.3, -0.25) is 4.79 Å². The largest absolute Gasteiger partial charge is 0.373 e. The maximum absolute atomic E-state index is 11.4. The fraction of sp³-hybridized carbons (Fsp3) is 0.583. The van der Waals surface area contributed by atoms with Crippen molar-refractivity contribution in [3.05, 3.63) is 11.9 Å². The molecule has 18 heavy (non-hydrogen) atoms. The van der Waals surface area contributed by atoms with Crippen molar-refractivity contribution in [2.45, 2.75) is 33.2 Å². The molecule has 0 fully saturated rings. The average Bonchev–Trinajstić information content (AvgIpc) is 2.27. The Morgan fingerprint density at radius 1 is 1.33 bits per heavy atom. The Morgan fingerprint density at radius 2 is 2.00 bits per heavy atom. The van der Waals surface area contributed by atoms with Gasteiger partial charge in [-0.1, -0.05) is 0 Å². The van der Waals surface area contributed by atoms with Gasteiger partial charge in [0.2, 0.25) is 5.91 Å². The number of nitrogens with one attached hydrogen (secondary N) is 3. The Morgan fingerprint density at radius 3 is 2.61 bits per heavy atom. The lowest BCUT2D eigenvalue weighted by atomic mass is 10.3. The maximum Gasteiger partial charge on any atom is 0.221 e. The lowest BCUT2D eigenvalue weighted by Gasteiger charge is -2.10. The van der Waals surface area contributed by atoms with Crippen LogP contribution in [0.2, 0.25) is 0 Å². The van der Waals surface area contributed by atoms with Gasteiger partial charge in [0.05, 0.1) is 0 Å². The van der Waals surface area contributed by atoms with Gasteiger partial charge in [0.25, 0.3) is 0 Å². The Kier molecular flexibility index (Phi) is 5.35. The third-order valence-corrected chi connectivity index (χ3v) is 2.20. The molecular formula is C12H21N5O. The zero-order chi connectivity index (χ0) is 13.5. The molecule has 0 saturated carbocycles. The van der Waals surface area contributed by atoms with Crippen molar-refractivity contribution in [2.75, 3.05) is 24.2 Å². The molecular weight excluding hydrogens is 230 g/mol. The summed E-state index contributed by atoms with van der Waals surface area (Å²) < 4.78 is 0. The van der Waals surface area contributed by atoms with Crippen LogP contribution in [-0.2, 0) is 4.79 Å². The molecule has 6 nitrogen and oxygen atoms in total. The fourth-order valence-electron chi connectivity index (χ4n) is 1.48. The maximum atomic E-state index is 11.4. The SMILES string of the molecule is CNc1cc(NCCC(=O)NC(C)C)nc(C)n1. The van der Waals surface area contributed by atoms with Gasteiger partial charge in [-0.25, -0.2) is 9.97 Å². The summed E-state index contributed by atoms with van der Waals surface area (Å²) in [5.74, 6) is 2.22. The van der Waals surface area contributed by atoms with Gasteiger partial charge in [-0.2, -0.15) is 0 Å². The van der Waals surface area contributed by atoms with Crippen LogP contribution in [0.25, 0.3) is 0 Å². The van der Waals surface area contributed by atoms with Gasteiger partial charge in [-0.05, 0) is 20.8 Å². The van der Waals surface area contributed by atoms with Gasteiger partial charge in [-0.15, -0.1) is 0 Å². The molecule has 0 atom stereocenters. The molecule has 0 aliphatic heterocycles. The van der Waals surface area contributed by atoms with E-state index >= 15 is 0 Å². The van der Waals surface area contributed by atoms with Crippen LogP contribution in [0.1, 0.15) is 26.1 Å². The molecule has 0 aliphatic carbocycles. The van der Waals surface area contributed by atoms with Crippen LogP contribution < -0.4 is 16.0 Å². The van der Waals surface area contributed by atoms with Crippen molar-refractivity contribution in [1.82, 2.24) is 15.3 Å². The first-order valence-electron chi connectivity index (χ1n) is 6.08. The second-order valence-corrected chi connectivity index (χ2v) is 4.33. The summed E-state index contributed by atoms with van der Waals surface area (Å²) in [4.78, 5) is 19.9. The number of anilines is 2. The minimum atomic E-state index is 0.0390. The van der Waals surface area contributed by atoms with Crippen LogP contribution in [0.4, 0.5) is 11.6 Å². The molecule has 3 N–H and O–H groups in total. The predicted octanol–water partition coefficient (Wildman–Crippen LogP) is 1.15. The lowest BCUT2D eigenvalue weighted by Crippen LogP contribution is -2.31. The molecule has 1 heterocycles. The number of aromatic nitrogens is 2. The van der Waals surface area contributed by atoms with Gasteiger partial charge in [0.1, 0.15) is 17.5 Å². The molecule has 0 unspecified atom stereocenters. The van der Waals surface area contributed by atoms with Crippen molar-refractivity contribution >= 4 is 17.5 Å². The number of hydrogen-bond donors (Lipinski definition) is 3. The zero-order valence-corrected chi connectivity index (χ0v) is 11.4. The summed E-state index contributed by atoms with van der Waals surface area (Å²) in [6.07, 6.45) is 0.427. The Bertz CT molecular complexity index is 405. The highest BCUT2D eigenvalue weighted by Gasteiger charge is 2.04. The second kappa shape index (κ2) is 6.78. The van der Waals surface area contributed by atoms with Crippen LogP contribution in [0, 0.1) is 6.92 Å². The van der Waals surface area contributed by atoms with E-state index in [-0.39, 0.29) is 11.9 Å². The van der Waals surface area contributed by atoms with Crippen LogP contribution in [0.3, 0.4) is 0 Å². The molecule has 0 radical (unpaired) electrons. The minimum absolute atomic E-state index is 0.0390.